The Morgan fingerprint density at radius 1 is 1.56 bits per heavy atom. The minimum Gasteiger partial charge on any atom is -0.380 e. The van der Waals surface area contributed by atoms with E-state index in [1.807, 2.05) is 6.07 Å². The molecule has 0 radical (unpaired) electrons. The number of methoxy groups -OCH3 is 1. The summed E-state index contributed by atoms with van der Waals surface area (Å²) < 4.78 is 19.6. The molecule has 1 atom stereocenters. The van der Waals surface area contributed by atoms with Gasteiger partial charge >= 0.3 is 0 Å². The van der Waals surface area contributed by atoms with Crippen LogP contribution in [-0.4, -0.2) is 20.2 Å². The van der Waals surface area contributed by atoms with Crippen LogP contribution < -0.4 is 5.32 Å². The first-order valence-corrected chi connectivity index (χ1v) is 6.19. The molecule has 2 nitrogen and oxygen atoms in total. The molecule has 4 heteroatoms. The van der Waals surface area contributed by atoms with Crippen molar-refractivity contribution in [1.82, 2.24) is 5.32 Å². The molecule has 1 aromatic rings. The zero-order valence-electron chi connectivity index (χ0n) is 9.22. The summed E-state index contributed by atoms with van der Waals surface area (Å²) in [5.41, 5.74) is 1.66. The summed E-state index contributed by atoms with van der Waals surface area (Å²) in [6, 6.07) is 3.64. The van der Waals surface area contributed by atoms with Crippen molar-refractivity contribution in [3.05, 3.63) is 33.5 Å². The third kappa shape index (κ3) is 2.44. The molecule has 0 aliphatic carbocycles. The fourth-order valence-corrected chi connectivity index (χ4v) is 2.65. The molecule has 0 bridgehead atoms. The molecule has 1 aromatic carbocycles. The van der Waals surface area contributed by atoms with Gasteiger partial charge in [0.2, 0.25) is 0 Å². The van der Waals surface area contributed by atoms with Gasteiger partial charge in [-0.1, -0.05) is 15.9 Å². The van der Waals surface area contributed by atoms with E-state index >= 15 is 0 Å². The number of benzene rings is 1. The predicted octanol–water partition coefficient (Wildman–Crippen LogP) is 2.81. The van der Waals surface area contributed by atoms with Crippen molar-refractivity contribution in [1.29, 1.82) is 0 Å². The Morgan fingerprint density at radius 3 is 2.94 bits per heavy atom. The molecule has 2 rings (SSSR count). The lowest BCUT2D eigenvalue weighted by Gasteiger charge is -2.12. The Balaban J connectivity index is 2.28. The van der Waals surface area contributed by atoms with Crippen LogP contribution in [0.1, 0.15) is 23.5 Å². The molecule has 1 aliphatic rings. The second-order valence-corrected chi connectivity index (χ2v) is 4.94. The molecule has 16 heavy (non-hydrogen) atoms. The maximum atomic E-state index is 13.8. The minimum absolute atomic E-state index is 0.182. The highest BCUT2D eigenvalue weighted by atomic mass is 79.9. The minimum atomic E-state index is -0.182. The van der Waals surface area contributed by atoms with Crippen LogP contribution in [0.4, 0.5) is 4.39 Å². The van der Waals surface area contributed by atoms with Gasteiger partial charge in [0.1, 0.15) is 5.82 Å². The first-order chi connectivity index (χ1) is 7.72. The van der Waals surface area contributed by atoms with Crippen LogP contribution in [0.3, 0.4) is 0 Å². The molecular formula is C12H15BrFNO. The van der Waals surface area contributed by atoms with Gasteiger partial charge in [0.25, 0.3) is 0 Å². The highest BCUT2D eigenvalue weighted by Crippen LogP contribution is 2.29. The fraction of sp³-hybridized carbons (Fsp3) is 0.500. The molecular weight excluding hydrogens is 273 g/mol. The Hall–Kier alpha value is -0.450. The summed E-state index contributed by atoms with van der Waals surface area (Å²) in [5, 5.41) is 3.29. The fourth-order valence-electron chi connectivity index (χ4n) is 2.08. The summed E-state index contributed by atoms with van der Waals surface area (Å²) in [6.07, 6.45) is 1.08. The first-order valence-electron chi connectivity index (χ1n) is 5.40. The third-order valence-electron chi connectivity index (χ3n) is 2.98. The number of hydrogen-bond acceptors (Lipinski definition) is 2. The van der Waals surface area contributed by atoms with Crippen molar-refractivity contribution in [3.63, 3.8) is 0 Å². The van der Waals surface area contributed by atoms with E-state index in [1.165, 1.54) is 0 Å². The van der Waals surface area contributed by atoms with Crippen LogP contribution in [0.25, 0.3) is 0 Å². The van der Waals surface area contributed by atoms with Crippen molar-refractivity contribution >= 4 is 15.9 Å². The average molecular weight is 288 g/mol. The molecule has 1 aliphatic heterocycles. The van der Waals surface area contributed by atoms with Crippen LogP contribution in [0.2, 0.25) is 0 Å². The van der Waals surface area contributed by atoms with Crippen LogP contribution in [-0.2, 0) is 11.3 Å². The Morgan fingerprint density at radius 2 is 2.38 bits per heavy atom. The lowest BCUT2D eigenvalue weighted by Crippen LogP contribution is -2.08. The van der Waals surface area contributed by atoms with Gasteiger partial charge in [-0.15, -0.1) is 0 Å². The van der Waals surface area contributed by atoms with E-state index < -0.39 is 0 Å². The van der Waals surface area contributed by atoms with Gasteiger partial charge in [0.15, 0.2) is 0 Å². The van der Waals surface area contributed by atoms with Gasteiger partial charge in [0, 0.05) is 23.7 Å². The van der Waals surface area contributed by atoms with Crippen LogP contribution in [0.5, 0.6) is 0 Å². The topological polar surface area (TPSA) is 21.3 Å². The molecule has 88 valence electrons. The Kier molecular flexibility index (Phi) is 3.95. The smallest absolute Gasteiger partial charge is 0.130 e. The standard InChI is InChI=1S/C12H15BrFNO/c1-16-7-10-11(13)4-9(5-12(10)14)8-2-3-15-6-8/h4-5,8,15H,2-3,6-7H2,1H3. The molecule has 1 N–H and O–H groups in total. The number of hydrogen-bond donors (Lipinski definition) is 1. The maximum Gasteiger partial charge on any atom is 0.130 e. The van der Waals surface area contributed by atoms with E-state index in [-0.39, 0.29) is 5.82 Å². The van der Waals surface area contributed by atoms with E-state index in [9.17, 15) is 4.39 Å². The van der Waals surface area contributed by atoms with Crippen molar-refractivity contribution in [2.75, 3.05) is 20.2 Å². The Bertz CT molecular complexity index is 354. The molecule has 0 spiro atoms. The molecule has 0 saturated carbocycles. The average Bonchev–Trinajstić information content (AvgIpc) is 2.76. The highest BCUT2D eigenvalue weighted by molar-refractivity contribution is 9.10. The van der Waals surface area contributed by atoms with Crippen LogP contribution >= 0.6 is 15.9 Å². The number of rotatable bonds is 3. The van der Waals surface area contributed by atoms with Gasteiger partial charge in [-0.05, 0) is 36.6 Å². The van der Waals surface area contributed by atoms with E-state index in [0.29, 0.717) is 18.1 Å². The largest absolute Gasteiger partial charge is 0.380 e. The van der Waals surface area contributed by atoms with Crippen LogP contribution in [0.15, 0.2) is 16.6 Å². The molecule has 0 amide bonds. The molecule has 0 aromatic heterocycles. The van der Waals surface area contributed by atoms with E-state index in [1.54, 1.807) is 13.2 Å². The molecule has 1 unspecified atom stereocenters. The van der Waals surface area contributed by atoms with Crippen molar-refractivity contribution in [3.8, 4) is 0 Å². The van der Waals surface area contributed by atoms with Crippen LogP contribution in [0, 0.1) is 5.82 Å². The Labute approximate surface area is 103 Å². The monoisotopic (exact) mass is 287 g/mol. The summed E-state index contributed by atoms with van der Waals surface area (Å²) in [7, 11) is 1.57. The third-order valence-corrected chi connectivity index (χ3v) is 3.69. The summed E-state index contributed by atoms with van der Waals surface area (Å²) >= 11 is 3.41. The highest BCUT2D eigenvalue weighted by Gasteiger charge is 2.19. The first kappa shape index (κ1) is 12.0. The lowest BCUT2D eigenvalue weighted by atomic mass is 9.97. The second-order valence-electron chi connectivity index (χ2n) is 4.09. The van der Waals surface area contributed by atoms with Gasteiger partial charge < -0.3 is 10.1 Å². The molecule has 1 saturated heterocycles. The molecule has 1 heterocycles. The zero-order valence-corrected chi connectivity index (χ0v) is 10.8. The van der Waals surface area contributed by atoms with E-state index in [2.05, 4.69) is 21.2 Å². The quantitative estimate of drug-likeness (QED) is 0.923. The molecule has 1 fully saturated rings. The van der Waals surface area contributed by atoms with E-state index in [0.717, 1.165) is 29.5 Å². The zero-order chi connectivity index (χ0) is 11.5. The summed E-state index contributed by atoms with van der Waals surface area (Å²) in [4.78, 5) is 0. The van der Waals surface area contributed by atoms with Crippen molar-refractivity contribution in [2.45, 2.75) is 18.9 Å². The second kappa shape index (κ2) is 5.25. The number of ether oxygens (including phenoxy) is 1. The van der Waals surface area contributed by atoms with Gasteiger partial charge in [-0.25, -0.2) is 4.39 Å². The lowest BCUT2D eigenvalue weighted by molar-refractivity contribution is 0.181. The normalized spacial score (nSPS) is 20.3. The number of halogens is 2. The van der Waals surface area contributed by atoms with Crippen molar-refractivity contribution in [2.24, 2.45) is 0 Å². The SMILES string of the molecule is COCc1c(F)cc(C2CCNC2)cc1Br. The van der Waals surface area contributed by atoms with Crippen molar-refractivity contribution < 1.29 is 9.13 Å². The van der Waals surface area contributed by atoms with E-state index in [4.69, 9.17) is 4.74 Å². The maximum absolute atomic E-state index is 13.8. The number of nitrogens with one attached hydrogen (secondary N) is 1. The van der Waals surface area contributed by atoms with Gasteiger partial charge in [-0.2, -0.15) is 0 Å². The van der Waals surface area contributed by atoms with Gasteiger partial charge in [0.05, 0.1) is 6.61 Å². The van der Waals surface area contributed by atoms with Gasteiger partial charge in [-0.3, -0.25) is 0 Å². The summed E-state index contributed by atoms with van der Waals surface area (Å²) in [5.74, 6) is 0.250. The summed E-state index contributed by atoms with van der Waals surface area (Å²) in [6.45, 7) is 2.26. The predicted molar refractivity (Wildman–Crippen MR) is 65.0 cm³/mol.